The number of rotatable bonds is 9. The lowest BCUT2D eigenvalue weighted by molar-refractivity contribution is 0.0780. The second-order valence-corrected chi connectivity index (χ2v) is 8.48. The molecule has 2 heterocycles. The standard InChI is InChI=1S/C26H30N6O3/c1-30(2)14-15-31(3)25(33)22-17-19(12-13-27-22)35-18-10-11-23-21(16-18)29-26(32(23)4)28-20-8-6-7-9-24(20)34-5/h6-13,16-17H,14-15H2,1-5H3,(H,28,29). The van der Waals surface area contributed by atoms with Crippen molar-refractivity contribution in [3.63, 3.8) is 0 Å². The van der Waals surface area contributed by atoms with Crippen LogP contribution in [0, 0.1) is 0 Å². The van der Waals surface area contributed by atoms with Crippen molar-refractivity contribution >= 4 is 28.6 Å². The number of amides is 1. The Labute approximate surface area is 204 Å². The summed E-state index contributed by atoms with van der Waals surface area (Å²) in [4.78, 5) is 25.4. The Morgan fingerprint density at radius 2 is 1.80 bits per heavy atom. The number of methoxy groups -OCH3 is 1. The molecule has 9 nitrogen and oxygen atoms in total. The van der Waals surface area contributed by atoms with Gasteiger partial charge in [-0.15, -0.1) is 0 Å². The van der Waals surface area contributed by atoms with Gasteiger partial charge in [0.1, 0.15) is 22.9 Å². The van der Waals surface area contributed by atoms with Gasteiger partial charge in [-0.25, -0.2) is 4.98 Å². The third kappa shape index (κ3) is 5.52. The first-order valence-electron chi connectivity index (χ1n) is 11.3. The van der Waals surface area contributed by atoms with Gasteiger partial charge in [-0.1, -0.05) is 12.1 Å². The maximum atomic E-state index is 12.7. The van der Waals surface area contributed by atoms with E-state index in [0.717, 1.165) is 29.0 Å². The predicted octanol–water partition coefficient (Wildman–Crippen LogP) is 4.15. The van der Waals surface area contributed by atoms with Crippen LogP contribution in [-0.4, -0.2) is 71.6 Å². The van der Waals surface area contributed by atoms with E-state index in [1.54, 1.807) is 37.4 Å². The number of aromatic nitrogens is 3. The van der Waals surface area contributed by atoms with E-state index in [0.29, 0.717) is 29.7 Å². The fraction of sp³-hybridized carbons (Fsp3) is 0.269. The van der Waals surface area contributed by atoms with Gasteiger partial charge in [-0.2, -0.15) is 0 Å². The maximum absolute atomic E-state index is 12.7. The number of aryl methyl sites for hydroxylation is 1. The largest absolute Gasteiger partial charge is 0.495 e. The molecule has 0 aliphatic carbocycles. The molecule has 0 fully saturated rings. The van der Waals surface area contributed by atoms with E-state index in [4.69, 9.17) is 14.5 Å². The number of carbonyl (C=O) groups is 1. The third-order valence-corrected chi connectivity index (χ3v) is 5.62. The van der Waals surface area contributed by atoms with Crippen molar-refractivity contribution in [3.05, 3.63) is 66.5 Å². The highest BCUT2D eigenvalue weighted by atomic mass is 16.5. The van der Waals surface area contributed by atoms with Gasteiger partial charge in [0.05, 0.1) is 23.8 Å². The minimum absolute atomic E-state index is 0.149. The summed E-state index contributed by atoms with van der Waals surface area (Å²) in [6.07, 6.45) is 1.58. The average molecular weight is 475 g/mol. The number of benzene rings is 2. The maximum Gasteiger partial charge on any atom is 0.272 e. The van der Waals surface area contributed by atoms with Gasteiger partial charge in [0.15, 0.2) is 0 Å². The van der Waals surface area contributed by atoms with Crippen molar-refractivity contribution in [3.8, 4) is 17.2 Å². The number of nitrogens with zero attached hydrogens (tertiary/aromatic N) is 5. The molecule has 0 spiro atoms. The van der Waals surface area contributed by atoms with Crippen molar-refractivity contribution in [1.82, 2.24) is 24.3 Å². The van der Waals surface area contributed by atoms with Crippen LogP contribution in [0.2, 0.25) is 0 Å². The zero-order valence-electron chi connectivity index (χ0n) is 20.6. The van der Waals surface area contributed by atoms with E-state index in [9.17, 15) is 4.79 Å². The number of likely N-dealkylation sites (N-methyl/N-ethyl adjacent to an activating group) is 2. The molecule has 0 saturated heterocycles. The van der Waals surface area contributed by atoms with Crippen molar-refractivity contribution in [1.29, 1.82) is 0 Å². The van der Waals surface area contributed by atoms with E-state index in [2.05, 4.69) is 10.3 Å². The Morgan fingerprint density at radius 1 is 1.03 bits per heavy atom. The Kier molecular flexibility index (Phi) is 7.17. The Morgan fingerprint density at radius 3 is 2.57 bits per heavy atom. The normalized spacial score (nSPS) is 11.0. The molecule has 182 valence electrons. The number of ether oxygens (including phenoxy) is 2. The summed E-state index contributed by atoms with van der Waals surface area (Å²) in [7, 11) is 9.30. The lowest BCUT2D eigenvalue weighted by Crippen LogP contribution is -2.33. The number of para-hydroxylation sites is 2. The second-order valence-electron chi connectivity index (χ2n) is 8.48. The summed E-state index contributed by atoms with van der Waals surface area (Å²) >= 11 is 0. The lowest BCUT2D eigenvalue weighted by atomic mass is 10.3. The number of nitrogens with one attached hydrogen (secondary N) is 1. The summed E-state index contributed by atoms with van der Waals surface area (Å²) in [6, 6.07) is 16.8. The highest BCUT2D eigenvalue weighted by Crippen LogP contribution is 2.30. The van der Waals surface area contributed by atoms with Crippen LogP contribution in [0.3, 0.4) is 0 Å². The molecule has 0 unspecified atom stereocenters. The number of fused-ring (bicyclic) bond motifs is 1. The van der Waals surface area contributed by atoms with Crippen molar-refractivity contribution in [2.75, 3.05) is 46.7 Å². The molecule has 4 rings (SSSR count). The summed E-state index contributed by atoms with van der Waals surface area (Å²) in [5.74, 6) is 2.42. The first-order valence-corrected chi connectivity index (χ1v) is 11.3. The van der Waals surface area contributed by atoms with Gasteiger partial charge >= 0.3 is 0 Å². The molecule has 1 N–H and O–H groups in total. The molecular formula is C26H30N6O3. The fourth-order valence-electron chi connectivity index (χ4n) is 3.60. The first-order chi connectivity index (χ1) is 16.9. The Balaban J connectivity index is 1.52. The third-order valence-electron chi connectivity index (χ3n) is 5.62. The SMILES string of the molecule is COc1ccccc1Nc1nc2cc(Oc3ccnc(C(=O)N(C)CCN(C)C)c3)ccc2n1C. The lowest BCUT2D eigenvalue weighted by Gasteiger charge is -2.19. The minimum atomic E-state index is -0.149. The fourth-order valence-corrected chi connectivity index (χ4v) is 3.60. The van der Waals surface area contributed by atoms with Gasteiger partial charge in [-0.05, 0) is 44.4 Å². The molecule has 0 atom stereocenters. The van der Waals surface area contributed by atoms with Gasteiger partial charge in [0.2, 0.25) is 5.95 Å². The average Bonchev–Trinajstić information content (AvgIpc) is 3.16. The molecule has 4 aromatic rings. The molecule has 0 bridgehead atoms. The van der Waals surface area contributed by atoms with E-state index >= 15 is 0 Å². The van der Waals surface area contributed by atoms with Crippen LogP contribution in [0.15, 0.2) is 60.8 Å². The van der Waals surface area contributed by atoms with Crippen LogP contribution in [0.1, 0.15) is 10.5 Å². The minimum Gasteiger partial charge on any atom is -0.495 e. The number of carbonyl (C=O) groups excluding carboxylic acids is 1. The molecule has 0 aliphatic rings. The summed E-state index contributed by atoms with van der Waals surface area (Å²) in [5.41, 5.74) is 2.89. The number of pyridine rings is 1. The van der Waals surface area contributed by atoms with Gasteiger partial charge in [-0.3, -0.25) is 9.78 Å². The summed E-state index contributed by atoms with van der Waals surface area (Å²) in [5, 5.41) is 3.33. The van der Waals surface area contributed by atoms with E-state index < -0.39 is 0 Å². The zero-order valence-corrected chi connectivity index (χ0v) is 20.6. The molecule has 0 aliphatic heterocycles. The zero-order chi connectivity index (χ0) is 24.9. The molecule has 9 heteroatoms. The van der Waals surface area contributed by atoms with E-state index in [1.807, 2.05) is 73.1 Å². The van der Waals surface area contributed by atoms with Gasteiger partial charge < -0.3 is 29.2 Å². The number of anilines is 2. The Hall–Kier alpha value is -4.11. The number of hydrogen-bond donors (Lipinski definition) is 1. The molecule has 0 saturated carbocycles. The number of imidazole rings is 1. The number of hydrogen-bond acceptors (Lipinski definition) is 7. The topological polar surface area (TPSA) is 84.8 Å². The summed E-state index contributed by atoms with van der Waals surface area (Å²) in [6.45, 7) is 1.39. The quantitative estimate of drug-likeness (QED) is 0.390. The molecule has 1 amide bonds. The highest BCUT2D eigenvalue weighted by Gasteiger charge is 2.15. The van der Waals surface area contributed by atoms with Crippen molar-refractivity contribution in [2.24, 2.45) is 7.05 Å². The molecule has 35 heavy (non-hydrogen) atoms. The first kappa shape index (κ1) is 24.0. The smallest absolute Gasteiger partial charge is 0.272 e. The van der Waals surface area contributed by atoms with Crippen LogP contribution in [-0.2, 0) is 7.05 Å². The molecule has 0 radical (unpaired) electrons. The van der Waals surface area contributed by atoms with Crippen molar-refractivity contribution in [2.45, 2.75) is 0 Å². The van der Waals surface area contributed by atoms with Crippen LogP contribution in [0.25, 0.3) is 11.0 Å². The van der Waals surface area contributed by atoms with Crippen LogP contribution >= 0.6 is 0 Å². The van der Waals surface area contributed by atoms with Crippen LogP contribution in [0.5, 0.6) is 17.2 Å². The van der Waals surface area contributed by atoms with Crippen LogP contribution in [0.4, 0.5) is 11.6 Å². The van der Waals surface area contributed by atoms with Crippen molar-refractivity contribution < 1.29 is 14.3 Å². The van der Waals surface area contributed by atoms with Gasteiger partial charge in [0.25, 0.3) is 5.91 Å². The van der Waals surface area contributed by atoms with Gasteiger partial charge in [0, 0.05) is 45.5 Å². The van der Waals surface area contributed by atoms with E-state index in [-0.39, 0.29) is 5.91 Å². The molecule has 2 aromatic carbocycles. The van der Waals surface area contributed by atoms with Crippen LogP contribution < -0.4 is 14.8 Å². The second kappa shape index (κ2) is 10.4. The Bertz CT molecular complexity index is 1330. The molecular weight excluding hydrogens is 444 g/mol. The molecule has 2 aromatic heterocycles. The monoisotopic (exact) mass is 474 g/mol. The predicted molar refractivity (Wildman–Crippen MR) is 137 cm³/mol. The van der Waals surface area contributed by atoms with E-state index in [1.165, 1.54) is 0 Å². The highest BCUT2D eigenvalue weighted by molar-refractivity contribution is 5.92. The summed E-state index contributed by atoms with van der Waals surface area (Å²) < 4.78 is 13.4.